The molecule has 2 N–H and O–H groups in total. The van der Waals surface area contributed by atoms with E-state index in [1.807, 2.05) is 38.1 Å². The topological polar surface area (TPSA) is 57.1 Å². The lowest BCUT2D eigenvalue weighted by molar-refractivity contribution is 0.187. The maximum absolute atomic E-state index is 9.67. The zero-order valence-electron chi connectivity index (χ0n) is 13.7. The molecule has 0 amide bonds. The highest BCUT2D eigenvalue weighted by molar-refractivity contribution is 5.80. The number of aryl methyl sites for hydroxylation is 1. The molecule has 1 saturated heterocycles. The van der Waals surface area contributed by atoms with Gasteiger partial charge in [0.2, 0.25) is 0 Å². The Morgan fingerprint density at radius 2 is 2.27 bits per heavy atom. The predicted octanol–water partition coefficient (Wildman–Crippen LogP) is 1.79. The van der Waals surface area contributed by atoms with Gasteiger partial charge >= 0.3 is 0 Å². The van der Waals surface area contributed by atoms with Gasteiger partial charge in [0.1, 0.15) is 11.9 Å². The van der Waals surface area contributed by atoms with Crippen molar-refractivity contribution in [3.63, 3.8) is 0 Å². The molecule has 0 aromatic heterocycles. The molecule has 5 heteroatoms. The van der Waals surface area contributed by atoms with Crippen LogP contribution in [0.1, 0.15) is 25.8 Å². The second-order valence-electron chi connectivity index (χ2n) is 5.78. The second-order valence-corrected chi connectivity index (χ2v) is 5.78. The van der Waals surface area contributed by atoms with Crippen LogP contribution in [0.3, 0.4) is 0 Å². The van der Waals surface area contributed by atoms with Gasteiger partial charge in [-0.05, 0) is 38.8 Å². The SMILES string of the molecule is CCNC(=NCC(C)Oc1ccccc1C)N1CC[C@@H](O)C1. The summed E-state index contributed by atoms with van der Waals surface area (Å²) in [6, 6.07) is 8.01. The van der Waals surface area contributed by atoms with E-state index in [4.69, 9.17) is 4.74 Å². The average molecular weight is 305 g/mol. The lowest BCUT2D eigenvalue weighted by Gasteiger charge is -2.22. The van der Waals surface area contributed by atoms with Crippen LogP contribution in [0.4, 0.5) is 0 Å². The summed E-state index contributed by atoms with van der Waals surface area (Å²) >= 11 is 0. The lowest BCUT2D eigenvalue weighted by atomic mass is 10.2. The van der Waals surface area contributed by atoms with E-state index >= 15 is 0 Å². The fourth-order valence-corrected chi connectivity index (χ4v) is 2.52. The van der Waals surface area contributed by atoms with Crippen LogP contribution in [0.2, 0.25) is 0 Å². The highest BCUT2D eigenvalue weighted by atomic mass is 16.5. The minimum Gasteiger partial charge on any atom is -0.489 e. The Labute approximate surface area is 133 Å². The van der Waals surface area contributed by atoms with E-state index in [2.05, 4.69) is 22.1 Å². The molecular formula is C17H27N3O2. The van der Waals surface area contributed by atoms with Crippen LogP contribution in [0.25, 0.3) is 0 Å². The van der Waals surface area contributed by atoms with E-state index in [1.54, 1.807) is 0 Å². The first-order valence-electron chi connectivity index (χ1n) is 8.03. The van der Waals surface area contributed by atoms with Crippen LogP contribution < -0.4 is 10.1 Å². The maximum Gasteiger partial charge on any atom is 0.194 e. The summed E-state index contributed by atoms with van der Waals surface area (Å²) in [5, 5.41) is 13.0. The van der Waals surface area contributed by atoms with Gasteiger partial charge in [-0.2, -0.15) is 0 Å². The highest BCUT2D eigenvalue weighted by Crippen LogP contribution is 2.18. The number of aliphatic hydroxyl groups excluding tert-OH is 1. The Morgan fingerprint density at radius 1 is 1.50 bits per heavy atom. The molecule has 1 fully saturated rings. The number of aliphatic imine (C=N–C) groups is 1. The van der Waals surface area contributed by atoms with Gasteiger partial charge in [0, 0.05) is 19.6 Å². The molecule has 0 aliphatic carbocycles. The molecule has 2 atom stereocenters. The molecule has 0 radical (unpaired) electrons. The number of nitrogens with zero attached hydrogens (tertiary/aromatic N) is 2. The number of aliphatic hydroxyl groups is 1. The summed E-state index contributed by atoms with van der Waals surface area (Å²) in [4.78, 5) is 6.76. The fraction of sp³-hybridized carbons (Fsp3) is 0.588. The lowest BCUT2D eigenvalue weighted by Crippen LogP contribution is -2.41. The fourth-order valence-electron chi connectivity index (χ4n) is 2.52. The Balaban J connectivity index is 1.93. The van der Waals surface area contributed by atoms with Crippen molar-refractivity contribution in [1.82, 2.24) is 10.2 Å². The molecule has 0 saturated carbocycles. The number of rotatable bonds is 5. The molecule has 1 aromatic carbocycles. The summed E-state index contributed by atoms with van der Waals surface area (Å²) in [6.45, 7) is 9.02. The summed E-state index contributed by atoms with van der Waals surface area (Å²) in [5.74, 6) is 1.77. The Morgan fingerprint density at radius 3 is 2.91 bits per heavy atom. The molecule has 22 heavy (non-hydrogen) atoms. The molecular weight excluding hydrogens is 278 g/mol. The zero-order chi connectivity index (χ0) is 15.9. The van der Waals surface area contributed by atoms with E-state index in [9.17, 15) is 5.11 Å². The summed E-state index contributed by atoms with van der Waals surface area (Å²) < 4.78 is 5.95. The van der Waals surface area contributed by atoms with Gasteiger partial charge in [0.05, 0.1) is 12.6 Å². The van der Waals surface area contributed by atoms with Crippen LogP contribution in [-0.2, 0) is 0 Å². The zero-order valence-corrected chi connectivity index (χ0v) is 13.7. The molecule has 5 nitrogen and oxygen atoms in total. The number of guanidine groups is 1. The molecule has 1 heterocycles. The maximum atomic E-state index is 9.67. The van der Waals surface area contributed by atoms with Crippen LogP contribution in [0.5, 0.6) is 5.75 Å². The Bertz CT molecular complexity index is 504. The third-order valence-electron chi connectivity index (χ3n) is 3.72. The summed E-state index contributed by atoms with van der Waals surface area (Å²) in [7, 11) is 0. The first kappa shape index (κ1) is 16.6. The minimum atomic E-state index is -0.246. The van der Waals surface area contributed by atoms with E-state index in [0.29, 0.717) is 13.1 Å². The number of benzene rings is 1. The van der Waals surface area contributed by atoms with Gasteiger partial charge in [-0.25, -0.2) is 4.99 Å². The van der Waals surface area contributed by atoms with Crippen LogP contribution in [0, 0.1) is 6.92 Å². The number of β-amino-alcohol motifs (C(OH)–C–C–N with tert-alkyl or cyclic N) is 1. The van der Waals surface area contributed by atoms with Crippen LogP contribution in [-0.4, -0.2) is 54.4 Å². The van der Waals surface area contributed by atoms with Gasteiger partial charge in [-0.3, -0.25) is 0 Å². The molecule has 0 spiro atoms. The number of nitrogens with one attached hydrogen (secondary N) is 1. The third-order valence-corrected chi connectivity index (χ3v) is 3.72. The van der Waals surface area contributed by atoms with Crippen molar-refractivity contribution in [3.05, 3.63) is 29.8 Å². The monoisotopic (exact) mass is 305 g/mol. The number of hydrogen-bond donors (Lipinski definition) is 2. The Hall–Kier alpha value is -1.75. The first-order chi connectivity index (χ1) is 10.6. The van der Waals surface area contributed by atoms with Crippen LogP contribution >= 0.6 is 0 Å². The van der Waals surface area contributed by atoms with Crippen molar-refractivity contribution in [2.45, 2.75) is 39.4 Å². The largest absolute Gasteiger partial charge is 0.489 e. The van der Waals surface area contributed by atoms with Crippen molar-refractivity contribution in [2.75, 3.05) is 26.2 Å². The minimum absolute atomic E-state index is 0.00211. The normalized spacial score (nSPS) is 20.1. The van der Waals surface area contributed by atoms with Gasteiger partial charge in [-0.15, -0.1) is 0 Å². The quantitative estimate of drug-likeness (QED) is 0.643. The third kappa shape index (κ3) is 4.63. The highest BCUT2D eigenvalue weighted by Gasteiger charge is 2.22. The van der Waals surface area contributed by atoms with Crippen molar-refractivity contribution >= 4 is 5.96 Å². The summed E-state index contributed by atoms with van der Waals surface area (Å²) in [5.41, 5.74) is 1.13. The summed E-state index contributed by atoms with van der Waals surface area (Å²) in [6.07, 6.45) is 0.562. The van der Waals surface area contributed by atoms with Gasteiger partial charge < -0.3 is 20.1 Å². The average Bonchev–Trinajstić information content (AvgIpc) is 2.92. The smallest absolute Gasteiger partial charge is 0.194 e. The van der Waals surface area contributed by atoms with E-state index in [1.165, 1.54) is 0 Å². The first-order valence-corrected chi connectivity index (χ1v) is 8.03. The molecule has 122 valence electrons. The van der Waals surface area contributed by atoms with E-state index < -0.39 is 0 Å². The van der Waals surface area contributed by atoms with Crippen molar-refractivity contribution in [2.24, 2.45) is 4.99 Å². The molecule has 1 aliphatic heterocycles. The van der Waals surface area contributed by atoms with Crippen molar-refractivity contribution in [3.8, 4) is 5.75 Å². The number of ether oxygens (including phenoxy) is 1. The number of likely N-dealkylation sites (tertiary alicyclic amines) is 1. The second kappa shape index (κ2) is 8.03. The molecule has 1 unspecified atom stereocenters. The molecule has 0 bridgehead atoms. The van der Waals surface area contributed by atoms with Crippen LogP contribution in [0.15, 0.2) is 29.3 Å². The van der Waals surface area contributed by atoms with Crippen molar-refractivity contribution in [1.29, 1.82) is 0 Å². The van der Waals surface area contributed by atoms with Gasteiger partial charge in [0.25, 0.3) is 0 Å². The van der Waals surface area contributed by atoms with E-state index in [0.717, 1.165) is 36.8 Å². The van der Waals surface area contributed by atoms with Gasteiger partial charge in [-0.1, -0.05) is 18.2 Å². The molecule has 1 aliphatic rings. The van der Waals surface area contributed by atoms with Gasteiger partial charge in [0.15, 0.2) is 5.96 Å². The molecule has 2 rings (SSSR count). The predicted molar refractivity (Wildman–Crippen MR) is 89.4 cm³/mol. The number of hydrogen-bond acceptors (Lipinski definition) is 3. The van der Waals surface area contributed by atoms with E-state index in [-0.39, 0.29) is 12.2 Å². The molecule has 1 aromatic rings. The standard InChI is InChI=1S/C17H27N3O2/c1-4-18-17(20-10-9-15(21)12-20)19-11-14(3)22-16-8-6-5-7-13(16)2/h5-8,14-15,21H,4,9-12H2,1-3H3,(H,18,19)/t14?,15-/m1/s1. The number of para-hydroxylation sites is 1. The Kier molecular flexibility index (Phi) is 6.07. The van der Waals surface area contributed by atoms with Crippen molar-refractivity contribution < 1.29 is 9.84 Å².